The first kappa shape index (κ1) is 16.6. The van der Waals surface area contributed by atoms with Crippen molar-refractivity contribution in [2.45, 2.75) is 44.9 Å². The number of nitrogens with one attached hydrogen (secondary N) is 1. The van der Waals surface area contributed by atoms with Gasteiger partial charge in [0.1, 0.15) is 10.6 Å². The summed E-state index contributed by atoms with van der Waals surface area (Å²) in [7, 11) is -4.03. The molecule has 0 spiro atoms. The molecule has 0 saturated carbocycles. The molecule has 2 heterocycles. The Morgan fingerprint density at radius 2 is 1.95 bits per heavy atom. The lowest BCUT2D eigenvalue weighted by atomic mass is 9.98. The molecule has 2 rings (SSSR count). The van der Waals surface area contributed by atoms with Crippen LogP contribution in [0.2, 0.25) is 0 Å². The molecule has 0 aliphatic heterocycles. The fourth-order valence-electron chi connectivity index (χ4n) is 1.81. The van der Waals surface area contributed by atoms with E-state index in [1.807, 2.05) is 25.5 Å². The van der Waals surface area contributed by atoms with E-state index in [4.69, 9.17) is 4.52 Å². The van der Waals surface area contributed by atoms with Crippen molar-refractivity contribution in [1.29, 1.82) is 0 Å². The first-order chi connectivity index (χ1) is 10.0. The van der Waals surface area contributed by atoms with Crippen LogP contribution in [0.5, 0.6) is 0 Å². The molecule has 0 aliphatic rings. The van der Waals surface area contributed by atoms with Gasteiger partial charge < -0.3 is 4.52 Å². The monoisotopic (exact) mass is 343 g/mol. The van der Waals surface area contributed by atoms with Gasteiger partial charge in [-0.05, 0) is 13.8 Å². The number of nitrogens with zero attached hydrogens (tertiary/aromatic N) is 2. The summed E-state index contributed by atoms with van der Waals surface area (Å²) in [5.74, 6) is -0.578. The quantitative estimate of drug-likeness (QED) is 0.916. The largest absolute Gasteiger partial charge is 0.360 e. The third-order valence-corrected chi connectivity index (χ3v) is 5.83. The van der Waals surface area contributed by atoms with Crippen molar-refractivity contribution >= 4 is 27.3 Å². The van der Waals surface area contributed by atoms with E-state index in [-0.39, 0.29) is 26.6 Å². The van der Waals surface area contributed by atoms with Crippen LogP contribution in [0.3, 0.4) is 0 Å². The van der Waals surface area contributed by atoms with Crippen molar-refractivity contribution in [2.75, 3.05) is 0 Å². The minimum atomic E-state index is -4.03. The minimum Gasteiger partial charge on any atom is -0.360 e. The number of hydrogen-bond acceptors (Lipinski definition) is 7. The normalized spacial score (nSPS) is 12.4. The van der Waals surface area contributed by atoms with Crippen LogP contribution in [0.1, 0.15) is 46.9 Å². The lowest BCUT2D eigenvalue weighted by Gasteiger charge is -2.13. The number of sulfonamides is 1. The van der Waals surface area contributed by atoms with Crippen LogP contribution in [0.15, 0.2) is 15.6 Å². The number of thiazole rings is 1. The molecule has 2 aromatic rings. The molecule has 0 aliphatic carbocycles. The summed E-state index contributed by atoms with van der Waals surface area (Å²) in [5, 5.41) is 4.34. The Bertz CT molecular complexity index is 793. The zero-order valence-corrected chi connectivity index (χ0v) is 14.6. The topological polar surface area (TPSA) is 102 Å². The Morgan fingerprint density at radius 3 is 2.41 bits per heavy atom. The smallest absolute Gasteiger partial charge is 0.276 e. The number of carbonyl (C=O) groups excluding carboxylic acids is 1. The fourth-order valence-corrected chi connectivity index (χ4v) is 4.04. The van der Waals surface area contributed by atoms with Crippen molar-refractivity contribution in [1.82, 2.24) is 14.9 Å². The Kier molecular flexibility index (Phi) is 4.14. The summed E-state index contributed by atoms with van der Waals surface area (Å²) in [6.45, 7) is 8.87. The summed E-state index contributed by atoms with van der Waals surface area (Å²) >= 11 is 1.17. The van der Waals surface area contributed by atoms with Gasteiger partial charge in [0.2, 0.25) is 0 Å². The third kappa shape index (κ3) is 3.20. The van der Waals surface area contributed by atoms with E-state index in [2.05, 4.69) is 10.1 Å². The van der Waals surface area contributed by atoms with Gasteiger partial charge in [-0.25, -0.2) is 18.1 Å². The van der Waals surface area contributed by atoms with Gasteiger partial charge in [-0.2, -0.15) is 0 Å². The van der Waals surface area contributed by atoms with Crippen molar-refractivity contribution < 1.29 is 17.7 Å². The van der Waals surface area contributed by atoms with Gasteiger partial charge in [-0.1, -0.05) is 25.9 Å². The zero-order chi connectivity index (χ0) is 16.7. The van der Waals surface area contributed by atoms with E-state index < -0.39 is 15.9 Å². The van der Waals surface area contributed by atoms with Crippen LogP contribution < -0.4 is 4.72 Å². The van der Waals surface area contributed by atoms with Gasteiger partial charge in [0, 0.05) is 5.41 Å². The van der Waals surface area contributed by atoms with Crippen LogP contribution in [0.4, 0.5) is 0 Å². The maximum Gasteiger partial charge on any atom is 0.276 e. The van der Waals surface area contributed by atoms with Crippen molar-refractivity contribution in [3.63, 3.8) is 0 Å². The number of carbonyl (C=O) groups is 1. The molecule has 0 bridgehead atoms. The number of aryl methyl sites for hydroxylation is 2. The average Bonchev–Trinajstić information content (AvgIpc) is 2.95. The Labute approximate surface area is 132 Å². The van der Waals surface area contributed by atoms with Crippen LogP contribution in [-0.4, -0.2) is 24.5 Å². The van der Waals surface area contributed by atoms with Crippen LogP contribution in [-0.2, 0) is 15.4 Å². The van der Waals surface area contributed by atoms with Crippen LogP contribution in [0.25, 0.3) is 0 Å². The number of rotatable bonds is 3. The molecule has 9 heteroatoms. The summed E-state index contributed by atoms with van der Waals surface area (Å²) in [4.78, 5) is 16.4. The van der Waals surface area contributed by atoms with Crippen molar-refractivity contribution in [3.05, 3.63) is 27.5 Å². The molecule has 0 saturated heterocycles. The SMILES string of the molecule is Cc1noc(C)c1S(=O)(=O)NC(=O)c1cnc(C(C)(C)C)s1. The number of amides is 1. The first-order valence-electron chi connectivity index (χ1n) is 6.48. The summed E-state index contributed by atoms with van der Waals surface area (Å²) in [6, 6.07) is 0. The second kappa shape index (κ2) is 5.47. The van der Waals surface area contributed by atoms with Crippen LogP contribution >= 0.6 is 11.3 Å². The first-order valence-corrected chi connectivity index (χ1v) is 8.78. The standard InChI is InChI=1S/C13H17N3O4S2/c1-7-10(8(2)20-15-7)22(18,19)16-11(17)9-6-14-12(21-9)13(3,4)5/h6H,1-5H3,(H,16,17). The van der Waals surface area contributed by atoms with E-state index in [0.29, 0.717) is 0 Å². The average molecular weight is 343 g/mol. The predicted octanol–water partition coefficient (Wildman–Crippen LogP) is 2.16. The van der Waals surface area contributed by atoms with Gasteiger partial charge >= 0.3 is 0 Å². The molecule has 2 aromatic heterocycles. The lowest BCUT2D eigenvalue weighted by molar-refractivity contribution is 0.0985. The molecule has 0 aromatic carbocycles. The minimum absolute atomic E-state index is 0.110. The summed E-state index contributed by atoms with van der Waals surface area (Å²) in [6.07, 6.45) is 1.38. The Morgan fingerprint density at radius 1 is 1.32 bits per heavy atom. The number of hydrogen-bond donors (Lipinski definition) is 1. The summed E-state index contributed by atoms with van der Waals surface area (Å²) in [5.41, 5.74) is 0.00137. The third-order valence-electron chi connectivity index (χ3n) is 2.83. The highest BCUT2D eigenvalue weighted by Crippen LogP contribution is 2.27. The zero-order valence-electron chi connectivity index (χ0n) is 12.9. The van der Waals surface area contributed by atoms with Gasteiger partial charge in [-0.3, -0.25) is 4.79 Å². The fraction of sp³-hybridized carbons (Fsp3) is 0.462. The summed E-state index contributed by atoms with van der Waals surface area (Å²) < 4.78 is 31.4. The molecule has 1 amide bonds. The Hall–Kier alpha value is -1.74. The maximum atomic E-state index is 12.3. The molecule has 0 atom stereocenters. The van der Waals surface area contributed by atoms with Crippen LogP contribution in [0, 0.1) is 13.8 Å². The highest BCUT2D eigenvalue weighted by molar-refractivity contribution is 7.90. The van der Waals surface area contributed by atoms with Gasteiger partial charge in [0.25, 0.3) is 15.9 Å². The second-order valence-corrected chi connectivity index (χ2v) is 8.52. The molecular formula is C13H17N3O4S2. The molecule has 1 N–H and O–H groups in total. The molecule has 120 valence electrons. The molecule has 22 heavy (non-hydrogen) atoms. The lowest BCUT2D eigenvalue weighted by Crippen LogP contribution is -2.30. The predicted molar refractivity (Wildman–Crippen MR) is 81.4 cm³/mol. The highest BCUT2D eigenvalue weighted by Gasteiger charge is 2.28. The van der Waals surface area contributed by atoms with E-state index in [1.54, 1.807) is 0 Å². The highest BCUT2D eigenvalue weighted by atomic mass is 32.2. The van der Waals surface area contributed by atoms with E-state index in [9.17, 15) is 13.2 Å². The van der Waals surface area contributed by atoms with E-state index in [1.165, 1.54) is 31.4 Å². The molecular weight excluding hydrogens is 326 g/mol. The molecule has 0 fully saturated rings. The Balaban J connectivity index is 2.27. The van der Waals surface area contributed by atoms with Crippen molar-refractivity contribution in [3.8, 4) is 0 Å². The van der Waals surface area contributed by atoms with E-state index in [0.717, 1.165) is 5.01 Å². The van der Waals surface area contributed by atoms with E-state index >= 15 is 0 Å². The maximum absolute atomic E-state index is 12.3. The second-order valence-electron chi connectivity index (χ2n) is 5.87. The molecule has 0 unspecified atom stereocenters. The van der Waals surface area contributed by atoms with Gasteiger partial charge in [-0.15, -0.1) is 11.3 Å². The van der Waals surface area contributed by atoms with Gasteiger partial charge in [0.15, 0.2) is 10.7 Å². The van der Waals surface area contributed by atoms with Gasteiger partial charge in [0.05, 0.1) is 11.2 Å². The molecule has 7 nitrogen and oxygen atoms in total. The number of aromatic nitrogens is 2. The molecule has 0 radical (unpaired) electrons. The van der Waals surface area contributed by atoms with Crippen molar-refractivity contribution in [2.24, 2.45) is 0 Å².